The smallest absolute Gasteiger partial charge is 0.416 e. The molecule has 162 valence electrons. The van der Waals surface area contributed by atoms with Crippen molar-refractivity contribution in [2.24, 2.45) is 0 Å². The second-order valence-electron chi connectivity index (χ2n) is 6.72. The van der Waals surface area contributed by atoms with E-state index in [-0.39, 0.29) is 45.1 Å². The topological polar surface area (TPSA) is 66.9 Å². The van der Waals surface area contributed by atoms with Crippen molar-refractivity contribution in [3.05, 3.63) is 60.2 Å². The average molecular weight is 442 g/mol. The van der Waals surface area contributed by atoms with Crippen LogP contribution in [0.2, 0.25) is 0 Å². The van der Waals surface area contributed by atoms with Crippen molar-refractivity contribution in [2.75, 3.05) is 32.8 Å². The Labute approximate surface area is 172 Å². The van der Waals surface area contributed by atoms with Crippen LogP contribution in [0.5, 0.6) is 5.75 Å². The molecule has 1 fully saturated rings. The minimum absolute atomic E-state index is 0.0177. The minimum Gasteiger partial charge on any atom is -0.493 e. The van der Waals surface area contributed by atoms with Crippen molar-refractivity contribution < 1.29 is 31.1 Å². The molecule has 0 unspecified atom stereocenters. The third kappa shape index (κ3) is 5.31. The zero-order chi connectivity index (χ0) is 21.8. The molecule has 0 saturated carbocycles. The van der Waals surface area contributed by atoms with Gasteiger partial charge >= 0.3 is 6.18 Å². The summed E-state index contributed by atoms with van der Waals surface area (Å²) in [7, 11) is -4.08. The summed E-state index contributed by atoms with van der Waals surface area (Å²) < 4.78 is 70.7. The molecule has 3 rings (SSSR count). The Kier molecular flexibility index (Phi) is 6.67. The fourth-order valence-electron chi connectivity index (χ4n) is 3.09. The van der Waals surface area contributed by atoms with Gasteiger partial charge in [0.25, 0.3) is 0 Å². The molecule has 6 nitrogen and oxygen atoms in total. The second-order valence-corrected chi connectivity index (χ2v) is 8.66. The third-order valence-electron chi connectivity index (χ3n) is 4.72. The summed E-state index contributed by atoms with van der Waals surface area (Å²) in [5.74, 6) is 0.490. The lowest BCUT2D eigenvalue weighted by atomic mass is 10.2. The predicted octanol–water partition coefficient (Wildman–Crippen LogP) is 3.01. The standard InChI is InChI=1S/C20H21F3N2O4S/c21-20(22,23)16-5-4-8-18(15-16)30(27,28)25-12-10-24(11-13-25)19(26)9-14-29-17-6-2-1-3-7-17/h1-8,15H,9-14H2. The molecule has 1 aliphatic rings. The summed E-state index contributed by atoms with van der Waals surface area (Å²) in [6.07, 6.45) is -4.48. The van der Waals surface area contributed by atoms with Crippen LogP contribution >= 0.6 is 0 Å². The van der Waals surface area contributed by atoms with E-state index in [4.69, 9.17) is 4.74 Å². The molecule has 1 heterocycles. The van der Waals surface area contributed by atoms with E-state index < -0.39 is 26.7 Å². The maximum atomic E-state index is 12.9. The lowest BCUT2D eigenvalue weighted by molar-refractivity contribution is -0.137. The number of nitrogens with zero attached hydrogens (tertiary/aromatic N) is 2. The fourth-order valence-corrected chi connectivity index (χ4v) is 4.56. The number of hydrogen-bond acceptors (Lipinski definition) is 4. The normalized spacial score (nSPS) is 15.8. The molecular weight excluding hydrogens is 421 g/mol. The number of carbonyl (C=O) groups excluding carboxylic acids is 1. The van der Waals surface area contributed by atoms with Gasteiger partial charge in [-0.25, -0.2) is 8.42 Å². The summed E-state index contributed by atoms with van der Waals surface area (Å²) in [6.45, 7) is 0.573. The van der Waals surface area contributed by atoms with Crippen LogP contribution in [0.3, 0.4) is 0 Å². The first-order valence-electron chi connectivity index (χ1n) is 9.31. The number of para-hydroxylation sites is 1. The van der Waals surface area contributed by atoms with Gasteiger partial charge in [-0.1, -0.05) is 24.3 Å². The zero-order valence-electron chi connectivity index (χ0n) is 16.0. The molecule has 0 N–H and O–H groups in total. The van der Waals surface area contributed by atoms with Gasteiger partial charge in [-0.3, -0.25) is 4.79 Å². The predicted molar refractivity (Wildman–Crippen MR) is 103 cm³/mol. The van der Waals surface area contributed by atoms with Crippen molar-refractivity contribution in [3.8, 4) is 5.75 Å². The quantitative estimate of drug-likeness (QED) is 0.690. The molecule has 1 aliphatic heterocycles. The lowest BCUT2D eigenvalue weighted by Gasteiger charge is -2.34. The Balaban J connectivity index is 1.55. The van der Waals surface area contributed by atoms with E-state index >= 15 is 0 Å². The zero-order valence-corrected chi connectivity index (χ0v) is 16.8. The van der Waals surface area contributed by atoms with Gasteiger partial charge in [0.1, 0.15) is 5.75 Å². The maximum absolute atomic E-state index is 12.9. The van der Waals surface area contributed by atoms with Crippen LogP contribution in [0.1, 0.15) is 12.0 Å². The summed E-state index contributed by atoms with van der Waals surface area (Å²) >= 11 is 0. The van der Waals surface area contributed by atoms with Crippen LogP contribution in [0.4, 0.5) is 13.2 Å². The van der Waals surface area contributed by atoms with E-state index in [2.05, 4.69) is 0 Å². The van der Waals surface area contributed by atoms with Gasteiger partial charge in [-0.2, -0.15) is 17.5 Å². The van der Waals surface area contributed by atoms with Gasteiger partial charge in [0.15, 0.2) is 0 Å². The summed E-state index contributed by atoms with van der Waals surface area (Å²) in [5, 5.41) is 0. The molecule has 1 amide bonds. The van der Waals surface area contributed by atoms with Crippen LogP contribution < -0.4 is 4.74 Å². The van der Waals surface area contributed by atoms with Crippen LogP contribution in [0.25, 0.3) is 0 Å². The van der Waals surface area contributed by atoms with Gasteiger partial charge in [-0.05, 0) is 30.3 Å². The number of sulfonamides is 1. The fraction of sp³-hybridized carbons (Fsp3) is 0.350. The van der Waals surface area contributed by atoms with Gasteiger partial charge in [0, 0.05) is 26.2 Å². The van der Waals surface area contributed by atoms with E-state index in [0.29, 0.717) is 11.8 Å². The molecule has 2 aromatic carbocycles. The van der Waals surface area contributed by atoms with E-state index in [0.717, 1.165) is 22.5 Å². The Morgan fingerprint density at radius 3 is 2.27 bits per heavy atom. The first-order chi connectivity index (χ1) is 14.2. The number of amides is 1. The number of carbonyl (C=O) groups is 1. The Hall–Kier alpha value is -2.59. The molecule has 0 bridgehead atoms. The van der Waals surface area contributed by atoms with E-state index in [9.17, 15) is 26.4 Å². The highest BCUT2D eigenvalue weighted by atomic mass is 32.2. The molecular formula is C20H21F3N2O4S. The molecule has 30 heavy (non-hydrogen) atoms. The van der Waals surface area contributed by atoms with E-state index in [1.54, 1.807) is 12.1 Å². The Bertz CT molecular complexity index is 973. The highest BCUT2D eigenvalue weighted by Gasteiger charge is 2.34. The van der Waals surface area contributed by atoms with E-state index in [1.807, 2.05) is 18.2 Å². The molecule has 0 spiro atoms. The summed E-state index contributed by atoms with van der Waals surface area (Å²) in [6, 6.07) is 12.7. The maximum Gasteiger partial charge on any atom is 0.416 e. The van der Waals surface area contributed by atoms with Crippen molar-refractivity contribution >= 4 is 15.9 Å². The number of benzene rings is 2. The SMILES string of the molecule is O=C(CCOc1ccccc1)N1CCN(S(=O)(=O)c2cccc(C(F)(F)F)c2)CC1. The van der Waals surface area contributed by atoms with Crippen LogP contribution in [0, 0.1) is 0 Å². The Morgan fingerprint density at radius 2 is 1.63 bits per heavy atom. The highest BCUT2D eigenvalue weighted by Crippen LogP contribution is 2.31. The first kappa shape index (κ1) is 22.1. The number of alkyl halides is 3. The number of rotatable bonds is 6. The van der Waals surface area contributed by atoms with Gasteiger partial charge in [0.2, 0.25) is 15.9 Å². The van der Waals surface area contributed by atoms with Crippen LogP contribution in [0.15, 0.2) is 59.5 Å². The number of ether oxygens (including phenoxy) is 1. The molecule has 0 atom stereocenters. The van der Waals surface area contributed by atoms with Crippen molar-refractivity contribution in [1.29, 1.82) is 0 Å². The largest absolute Gasteiger partial charge is 0.493 e. The van der Waals surface area contributed by atoms with Crippen molar-refractivity contribution in [1.82, 2.24) is 9.21 Å². The van der Waals surface area contributed by atoms with Crippen molar-refractivity contribution in [2.45, 2.75) is 17.5 Å². The average Bonchev–Trinajstić information content (AvgIpc) is 2.74. The second kappa shape index (κ2) is 9.05. The third-order valence-corrected chi connectivity index (χ3v) is 6.61. The number of halogens is 3. The number of piperazine rings is 1. The van der Waals surface area contributed by atoms with Gasteiger partial charge < -0.3 is 9.64 Å². The highest BCUT2D eigenvalue weighted by molar-refractivity contribution is 7.89. The number of hydrogen-bond donors (Lipinski definition) is 0. The summed E-state index contributed by atoms with van der Waals surface area (Å²) in [4.78, 5) is 13.4. The minimum atomic E-state index is -4.63. The van der Waals surface area contributed by atoms with E-state index in [1.165, 1.54) is 4.90 Å². The van der Waals surface area contributed by atoms with Gasteiger partial charge in [0.05, 0.1) is 23.5 Å². The molecule has 1 saturated heterocycles. The summed E-state index contributed by atoms with van der Waals surface area (Å²) in [5.41, 5.74) is -1.02. The molecule has 0 aromatic heterocycles. The Morgan fingerprint density at radius 1 is 0.967 bits per heavy atom. The molecule has 2 aromatic rings. The first-order valence-corrected chi connectivity index (χ1v) is 10.7. The van der Waals surface area contributed by atoms with Gasteiger partial charge in [-0.15, -0.1) is 0 Å². The molecule has 0 aliphatic carbocycles. The molecule has 0 radical (unpaired) electrons. The van der Waals surface area contributed by atoms with Crippen LogP contribution in [-0.2, 0) is 21.0 Å². The monoisotopic (exact) mass is 442 g/mol. The van der Waals surface area contributed by atoms with Crippen molar-refractivity contribution in [3.63, 3.8) is 0 Å². The molecule has 10 heteroatoms. The lowest BCUT2D eigenvalue weighted by Crippen LogP contribution is -2.50. The van der Waals surface area contributed by atoms with Crippen LogP contribution in [-0.4, -0.2) is 56.3 Å².